The van der Waals surface area contributed by atoms with Crippen LogP contribution >= 0.6 is 11.8 Å². The van der Waals surface area contributed by atoms with Crippen molar-refractivity contribution in [2.24, 2.45) is 4.99 Å². The molecule has 2 aromatic carbocycles. The van der Waals surface area contributed by atoms with Gasteiger partial charge in [0.1, 0.15) is 11.5 Å². The van der Waals surface area contributed by atoms with Crippen LogP contribution in [0.4, 0.5) is 10.1 Å². The van der Waals surface area contributed by atoms with E-state index in [2.05, 4.69) is 18.8 Å². The van der Waals surface area contributed by atoms with Crippen LogP contribution in [0.2, 0.25) is 0 Å². The maximum absolute atomic E-state index is 13.5. The van der Waals surface area contributed by atoms with Gasteiger partial charge in [-0.1, -0.05) is 42.1 Å². The van der Waals surface area contributed by atoms with Gasteiger partial charge in [0.05, 0.1) is 11.4 Å². The number of carbonyl (C=O) groups excluding carboxylic acids is 2. The molecule has 2 aromatic rings. The predicted molar refractivity (Wildman–Crippen MR) is 128 cm³/mol. The number of hydrogen-bond acceptors (Lipinski definition) is 4. The summed E-state index contributed by atoms with van der Waals surface area (Å²) in [6.07, 6.45) is 4.87. The number of rotatable bonds is 4. The minimum Gasteiger partial charge on any atom is -0.337 e. The van der Waals surface area contributed by atoms with Gasteiger partial charge in [0.15, 0.2) is 5.17 Å². The van der Waals surface area contributed by atoms with Crippen molar-refractivity contribution in [3.63, 3.8) is 0 Å². The van der Waals surface area contributed by atoms with E-state index in [9.17, 15) is 14.0 Å². The quantitative estimate of drug-likeness (QED) is 0.609. The third-order valence-corrected chi connectivity index (χ3v) is 6.75. The van der Waals surface area contributed by atoms with E-state index < -0.39 is 0 Å². The number of anilines is 1. The normalized spacial score (nSPS) is 22.4. The Hall–Kier alpha value is -2.93. The molecular formula is C25H26FN3O2S. The number of hydrogen-bond donors (Lipinski definition) is 0. The third-order valence-electron chi connectivity index (χ3n) is 5.82. The molecule has 0 saturated carbocycles. The molecular weight excluding hydrogens is 425 g/mol. The molecule has 1 fully saturated rings. The molecule has 0 aliphatic carbocycles. The molecule has 0 aromatic heterocycles. The van der Waals surface area contributed by atoms with Gasteiger partial charge in [0, 0.05) is 12.1 Å². The minimum atomic E-state index is -0.380. The van der Waals surface area contributed by atoms with Gasteiger partial charge in [0.2, 0.25) is 5.91 Å². The standard InChI is InChI=1S/C25H26FN3O2S/c1-17-7-6-8-18(2)28(17)23(30)16-32-25-27-22(15-19-9-4-3-5-10-19)24(31)29(25)21-13-11-20(26)12-14-21/h3-5,9-15,17-18H,6-8,16H2,1-2H3/b22-15-. The molecule has 0 spiro atoms. The van der Waals surface area contributed by atoms with Crippen LogP contribution in [0.25, 0.3) is 6.08 Å². The highest BCUT2D eigenvalue weighted by Crippen LogP contribution is 2.30. The van der Waals surface area contributed by atoms with E-state index >= 15 is 0 Å². The summed E-state index contributed by atoms with van der Waals surface area (Å²) in [7, 11) is 0. The number of piperidine rings is 1. The molecule has 0 N–H and O–H groups in total. The van der Waals surface area contributed by atoms with Crippen LogP contribution in [0.3, 0.4) is 0 Å². The molecule has 4 rings (SSSR count). The van der Waals surface area contributed by atoms with E-state index in [1.165, 1.54) is 28.8 Å². The second-order valence-corrected chi connectivity index (χ2v) is 9.11. The summed E-state index contributed by atoms with van der Waals surface area (Å²) in [5.74, 6) is -0.439. The summed E-state index contributed by atoms with van der Waals surface area (Å²) in [6.45, 7) is 4.17. The van der Waals surface area contributed by atoms with Crippen LogP contribution in [0.15, 0.2) is 65.3 Å². The lowest BCUT2D eigenvalue weighted by molar-refractivity contribution is -0.134. The number of carbonyl (C=O) groups is 2. The smallest absolute Gasteiger partial charge is 0.283 e. The summed E-state index contributed by atoms with van der Waals surface area (Å²) < 4.78 is 13.5. The Balaban J connectivity index is 1.59. The Bertz CT molecular complexity index is 1040. The summed E-state index contributed by atoms with van der Waals surface area (Å²) in [6, 6.07) is 15.6. The molecule has 5 nitrogen and oxygen atoms in total. The molecule has 0 radical (unpaired) electrons. The lowest BCUT2D eigenvalue weighted by atomic mass is 9.98. The number of amidine groups is 1. The van der Waals surface area contributed by atoms with Gasteiger partial charge in [-0.05, 0) is 69.0 Å². The predicted octanol–water partition coefficient (Wildman–Crippen LogP) is 5.09. The first-order valence-corrected chi connectivity index (χ1v) is 11.8. The monoisotopic (exact) mass is 451 g/mol. The molecule has 166 valence electrons. The number of thioether (sulfide) groups is 1. The van der Waals surface area contributed by atoms with Crippen molar-refractivity contribution in [3.05, 3.63) is 71.7 Å². The van der Waals surface area contributed by atoms with Crippen LogP contribution in [0.1, 0.15) is 38.7 Å². The van der Waals surface area contributed by atoms with Gasteiger partial charge in [-0.25, -0.2) is 9.38 Å². The number of amides is 2. The van der Waals surface area contributed by atoms with Gasteiger partial charge in [-0.2, -0.15) is 0 Å². The summed E-state index contributed by atoms with van der Waals surface area (Å²) in [5.41, 5.74) is 1.67. The molecule has 7 heteroatoms. The van der Waals surface area contributed by atoms with Crippen molar-refractivity contribution in [3.8, 4) is 0 Å². The highest BCUT2D eigenvalue weighted by atomic mass is 32.2. The maximum Gasteiger partial charge on any atom is 0.283 e. The van der Waals surface area contributed by atoms with Gasteiger partial charge in [0.25, 0.3) is 5.91 Å². The van der Waals surface area contributed by atoms with Crippen LogP contribution in [-0.4, -0.2) is 39.7 Å². The van der Waals surface area contributed by atoms with Crippen molar-refractivity contribution in [2.75, 3.05) is 10.7 Å². The van der Waals surface area contributed by atoms with Crippen LogP contribution in [0, 0.1) is 5.82 Å². The number of nitrogens with zero attached hydrogens (tertiary/aromatic N) is 3. The zero-order valence-corrected chi connectivity index (χ0v) is 19.0. The number of halogens is 1. The molecule has 2 unspecified atom stereocenters. The second kappa shape index (κ2) is 9.69. The first-order chi connectivity index (χ1) is 15.4. The van der Waals surface area contributed by atoms with Crippen LogP contribution < -0.4 is 4.90 Å². The molecule has 2 amide bonds. The summed E-state index contributed by atoms with van der Waals surface area (Å²) in [5, 5.41) is 0.425. The van der Waals surface area contributed by atoms with Crippen LogP contribution in [0.5, 0.6) is 0 Å². The van der Waals surface area contributed by atoms with Crippen molar-refractivity contribution < 1.29 is 14.0 Å². The average Bonchev–Trinajstić information content (AvgIpc) is 3.08. The topological polar surface area (TPSA) is 53.0 Å². The van der Waals surface area contributed by atoms with E-state index in [0.29, 0.717) is 10.9 Å². The summed E-state index contributed by atoms with van der Waals surface area (Å²) in [4.78, 5) is 34.2. The molecule has 2 aliphatic rings. The van der Waals surface area contributed by atoms with E-state index in [-0.39, 0.29) is 41.2 Å². The van der Waals surface area contributed by atoms with Crippen LogP contribution in [-0.2, 0) is 9.59 Å². The number of likely N-dealkylation sites (tertiary alicyclic amines) is 1. The van der Waals surface area contributed by atoms with Gasteiger partial charge in [-0.15, -0.1) is 0 Å². The van der Waals surface area contributed by atoms with Gasteiger partial charge >= 0.3 is 0 Å². The lowest BCUT2D eigenvalue weighted by Gasteiger charge is -2.39. The first kappa shape index (κ1) is 22.3. The highest BCUT2D eigenvalue weighted by Gasteiger charge is 2.34. The van der Waals surface area contributed by atoms with Crippen molar-refractivity contribution in [1.82, 2.24) is 4.90 Å². The maximum atomic E-state index is 13.5. The zero-order chi connectivity index (χ0) is 22.7. The SMILES string of the molecule is CC1CCCC(C)N1C(=O)CSC1=N/C(=C\c2ccccc2)C(=O)N1c1ccc(F)cc1. The molecule has 32 heavy (non-hydrogen) atoms. The molecule has 2 heterocycles. The van der Waals surface area contributed by atoms with Crippen molar-refractivity contribution in [2.45, 2.75) is 45.2 Å². The molecule has 2 atom stereocenters. The highest BCUT2D eigenvalue weighted by molar-refractivity contribution is 8.14. The fourth-order valence-electron chi connectivity index (χ4n) is 4.23. The Labute approximate surface area is 192 Å². The fourth-order valence-corrected chi connectivity index (χ4v) is 5.11. The largest absolute Gasteiger partial charge is 0.337 e. The molecule has 1 saturated heterocycles. The molecule has 2 aliphatic heterocycles. The van der Waals surface area contributed by atoms with E-state index in [4.69, 9.17) is 0 Å². The van der Waals surface area contributed by atoms with Gasteiger partial charge in [-0.3, -0.25) is 14.5 Å². The third kappa shape index (κ3) is 4.78. The lowest BCUT2D eigenvalue weighted by Crippen LogP contribution is -2.48. The van der Waals surface area contributed by atoms with E-state index in [1.54, 1.807) is 18.2 Å². The number of aliphatic imine (C=N–C) groups is 1. The summed E-state index contributed by atoms with van der Waals surface area (Å²) >= 11 is 1.24. The minimum absolute atomic E-state index is 0.0457. The Kier molecular flexibility index (Phi) is 6.74. The van der Waals surface area contributed by atoms with Gasteiger partial charge < -0.3 is 4.90 Å². The first-order valence-electron chi connectivity index (χ1n) is 10.8. The average molecular weight is 452 g/mol. The van der Waals surface area contributed by atoms with Crippen molar-refractivity contribution >= 4 is 40.5 Å². The second-order valence-electron chi connectivity index (χ2n) is 8.17. The Morgan fingerprint density at radius 2 is 1.75 bits per heavy atom. The van der Waals surface area contributed by atoms with Crippen molar-refractivity contribution in [1.29, 1.82) is 0 Å². The van der Waals surface area contributed by atoms with E-state index in [1.807, 2.05) is 35.2 Å². The zero-order valence-electron chi connectivity index (χ0n) is 18.2. The Morgan fingerprint density at radius 3 is 2.41 bits per heavy atom. The molecule has 0 bridgehead atoms. The van der Waals surface area contributed by atoms with E-state index in [0.717, 1.165) is 24.8 Å². The number of benzene rings is 2. The Morgan fingerprint density at radius 1 is 1.09 bits per heavy atom. The fraction of sp³-hybridized carbons (Fsp3) is 0.320.